The van der Waals surface area contributed by atoms with Crippen molar-refractivity contribution in [2.75, 3.05) is 32.6 Å². The molecule has 1 N–H and O–H groups in total. The molecule has 3 rings (SSSR count). The predicted molar refractivity (Wildman–Crippen MR) is 112 cm³/mol. The number of hydrogen-bond acceptors (Lipinski definition) is 4. The van der Waals surface area contributed by atoms with E-state index in [1.807, 2.05) is 25.1 Å². The van der Waals surface area contributed by atoms with Crippen molar-refractivity contribution >= 4 is 44.7 Å². The van der Waals surface area contributed by atoms with Crippen LogP contribution >= 0.6 is 11.6 Å². The molecule has 0 bridgehead atoms. The van der Waals surface area contributed by atoms with Gasteiger partial charge in [0, 0.05) is 31.7 Å². The minimum Gasteiger partial charge on any atom is -0.491 e. The van der Waals surface area contributed by atoms with Gasteiger partial charge in [-0.1, -0.05) is 17.7 Å². The van der Waals surface area contributed by atoms with E-state index in [1.165, 1.54) is 0 Å². The third kappa shape index (κ3) is 4.53. The molecule has 0 saturated carbocycles. The molecule has 0 radical (unpaired) electrons. The quantitative estimate of drug-likeness (QED) is 0.747. The highest BCUT2D eigenvalue weighted by molar-refractivity contribution is 8.03. The molecule has 1 amide bonds. The first-order valence-electron chi connectivity index (χ1n) is 8.34. The minimum atomic E-state index is -2.45. The number of benzene rings is 2. The fraction of sp³-hybridized carbons (Fsp3) is 0.200. The Labute approximate surface area is 164 Å². The number of amides is 1. The lowest BCUT2D eigenvalue weighted by atomic mass is 10.1. The first-order valence-corrected chi connectivity index (χ1v) is 10.5. The average Bonchev–Trinajstić information content (AvgIpc) is 2.90. The summed E-state index contributed by atoms with van der Waals surface area (Å²) in [6.45, 7) is 1.17. The van der Waals surface area contributed by atoms with Gasteiger partial charge < -0.3 is 15.0 Å². The maximum absolute atomic E-state index is 12.8. The Morgan fingerprint density at radius 1 is 1.26 bits per heavy atom. The van der Waals surface area contributed by atoms with E-state index >= 15 is 0 Å². The van der Waals surface area contributed by atoms with Crippen LogP contribution in [0.5, 0.6) is 5.75 Å². The van der Waals surface area contributed by atoms with E-state index in [2.05, 4.69) is 11.2 Å². The molecular formula is C20H21ClN2O3S. The molecule has 0 spiro atoms. The van der Waals surface area contributed by atoms with Crippen LogP contribution in [0, 0.1) is 0 Å². The third-order valence-electron chi connectivity index (χ3n) is 4.09. The first-order chi connectivity index (χ1) is 12.8. The zero-order valence-electron chi connectivity index (χ0n) is 15.2. The Kier molecular flexibility index (Phi) is 5.60. The standard InChI is InChI=1S/C20H21ClN2O3S/c1-23(2)9-10-26-18-7-5-15(21)12-17(18)20(24)22-16-6-4-14-8-11-27(3,25)19(14)13-16/h4-8,11-13H,3,9-10H2,1-2H3,(H,22,24). The van der Waals surface area contributed by atoms with Crippen LogP contribution in [0.3, 0.4) is 0 Å². The second-order valence-electron chi connectivity index (χ2n) is 6.53. The van der Waals surface area contributed by atoms with Crippen LogP contribution in [-0.4, -0.2) is 48.1 Å². The summed E-state index contributed by atoms with van der Waals surface area (Å²) in [5.74, 6) is 3.86. The fourth-order valence-electron chi connectivity index (χ4n) is 2.65. The monoisotopic (exact) mass is 404 g/mol. The molecule has 1 atom stereocenters. The van der Waals surface area contributed by atoms with Gasteiger partial charge in [-0.05, 0) is 67.3 Å². The highest BCUT2D eigenvalue weighted by Gasteiger charge is 2.18. The highest BCUT2D eigenvalue weighted by Crippen LogP contribution is 2.30. The van der Waals surface area contributed by atoms with Gasteiger partial charge in [0.05, 0.1) is 5.56 Å². The summed E-state index contributed by atoms with van der Waals surface area (Å²) >= 11 is 6.06. The molecule has 2 aromatic carbocycles. The van der Waals surface area contributed by atoms with E-state index in [0.29, 0.717) is 33.5 Å². The summed E-state index contributed by atoms with van der Waals surface area (Å²) < 4.78 is 18.2. The number of halogens is 1. The molecule has 1 unspecified atom stereocenters. The van der Waals surface area contributed by atoms with Crippen LogP contribution in [0.1, 0.15) is 15.9 Å². The number of rotatable bonds is 6. The van der Waals surface area contributed by atoms with Crippen LogP contribution < -0.4 is 10.1 Å². The van der Waals surface area contributed by atoms with Crippen molar-refractivity contribution in [1.82, 2.24) is 4.90 Å². The SMILES string of the molecule is C=S1(=O)C=Cc2ccc(NC(=O)c3cc(Cl)ccc3OCCN(C)C)cc21. The lowest BCUT2D eigenvalue weighted by Crippen LogP contribution is -2.21. The van der Waals surface area contributed by atoms with Crippen molar-refractivity contribution in [2.45, 2.75) is 4.90 Å². The number of nitrogens with one attached hydrogen (secondary N) is 1. The molecular weight excluding hydrogens is 384 g/mol. The molecule has 142 valence electrons. The summed E-state index contributed by atoms with van der Waals surface area (Å²) in [5, 5.41) is 4.86. The van der Waals surface area contributed by atoms with Gasteiger partial charge in [-0.3, -0.25) is 9.00 Å². The maximum Gasteiger partial charge on any atom is 0.259 e. The Balaban J connectivity index is 1.82. The third-order valence-corrected chi connectivity index (χ3v) is 6.00. The molecule has 5 nitrogen and oxygen atoms in total. The van der Waals surface area contributed by atoms with E-state index in [-0.39, 0.29) is 5.91 Å². The summed E-state index contributed by atoms with van der Waals surface area (Å²) in [5.41, 5.74) is 1.73. The van der Waals surface area contributed by atoms with Gasteiger partial charge in [-0.2, -0.15) is 0 Å². The zero-order chi connectivity index (χ0) is 19.6. The number of hydrogen-bond donors (Lipinski definition) is 1. The second kappa shape index (κ2) is 7.76. The van der Waals surface area contributed by atoms with Crippen LogP contribution in [0.15, 0.2) is 46.7 Å². The van der Waals surface area contributed by atoms with E-state index in [1.54, 1.807) is 41.8 Å². The summed E-state index contributed by atoms with van der Waals surface area (Å²) in [4.78, 5) is 15.4. The van der Waals surface area contributed by atoms with E-state index in [0.717, 1.165) is 12.1 Å². The van der Waals surface area contributed by atoms with E-state index in [4.69, 9.17) is 16.3 Å². The number of carbonyl (C=O) groups excluding carboxylic acids is 1. The van der Waals surface area contributed by atoms with Crippen molar-refractivity contribution in [3.63, 3.8) is 0 Å². The van der Waals surface area contributed by atoms with Gasteiger partial charge in [0.25, 0.3) is 5.91 Å². The lowest BCUT2D eigenvalue weighted by Gasteiger charge is -2.15. The fourth-order valence-corrected chi connectivity index (χ4v) is 4.19. The lowest BCUT2D eigenvalue weighted by molar-refractivity contribution is 0.102. The summed E-state index contributed by atoms with van der Waals surface area (Å²) in [6, 6.07) is 10.2. The van der Waals surface area contributed by atoms with Crippen LogP contribution in [0.4, 0.5) is 5.69 Å². The topological polar surface area (TPSA) is 58.6 Å². The maximum atomic E-state index is 12.8. The van der Waals surface area contributed by atoms with Gasteiger partial charge in [0.15, 0.2) is 0 Å². The summed E-state index contributed by atoms with van der Waals surface area (Å²) in [7, 11) is 1.45. The normalized spacial score (nSPS) is 17.8. The number of ether oxygens (including phenoxy) is 1. The number of anilines is 1. The van der Waals surface area contributed by atoms with E-state index in [9.17, 15) is 9.00 Å². The molecule has 27 heavy (non-hydrogen) atoms. The molecule has 0 aliphatic carbocycles. The molecule has 0 fully saturated rings. The predicted octanol–water partition coefficient (Wildman–Crippen LogP) is 3.59. The molecule has 1 heterocycles. The first kappa shape index (κ1) is 19.5. The summed E-state index contributed by atoms with van der Waals surface area (Å²) in [6.07, 6.45) is 1.78. The van der Waals surface area contributed by atoms with Crippen molar-refractivity contribution in [3.05, 3.63) is 58.0 Å². The van der Waals surface area contributed by atoms with Crippen LogP contribution in [-0.2, 0) is 9.52 Å². The van der Waals surface area contributed by atoms with Crippen LogP contribution in [0.25, 0.3) is 6.08 Å². The second-order valence-corrected chi connectivity index (χ2v) is 9.13. The highest BCUT2D eigenvalue weighted by atomic mass is 35.5. The van der Waals surface area contributed by atoms with E-state index < -0.39 is 9.52 Å². The van der Waals surface area contributed by atoms with Gasteiger partial charge in [0.1, 0.15) is 12.4 Å². The minimum absolute atomic E-state index is 0.343. The van der Waals surface area contributed by atoms with Crippen molar-refractivity contribution < 1.29 is 13.7 Å². The number of fused-ring (bicyclic) bond motifs is 1. The largest absolute Gasteiger partial charge is 0.491 e. The Morgan fingerprint density at radius 3 is 2.78 bits per heavy atom. The molecule has 7 heteroatoms. The number of likely N-dealkylation sites (N-methyl/N-ethyl adjacent to an activating group) is 1. The van der Waals surface area contributed by atoms with Gasteiger partial charge in [-0.25, -0.2) is 0 Å². The number of carbonyl (C=O) groups is 1. The Bertz CT molecular complexity index is 1010. The Morgan fingerprint density at radius 2 is 2.04 bits per heavy atom. The molecule has 1 aliphatic heterocycles. The van der Waals surface area contributed by atoms with Crippen molar-refractivity contribution in [1.29, 1.82) is 0 Å². The van der Waals surface area contributed by atoms with Crippen LogP contribution in [0.2, 0.25) is 5.02 Å². The van der Waals surface area contributed by atoms with Gasteiger partial charge in [0.2, 0.25) is 0 Å². The molecule has 0 aromatic heterocycles. The molecule has 2 aromatic rings. The molecule has 0 saturated heterocycles. The van der Waals surface area contributed by atoms with Crippen molar-refractivity contribution in [2.24, 2.45) is 0 Å². The Hall–Kier alpha value is -2.28. The smallest absolute Gasteiger partial charge is 0.259 e. The zero-order valence-corrected chi connectivity index (χ0v) is 16.8. The van der Waals surface area contributed by atoms with Gasteiger partial charge in [-0.15, -0.1) is 0 Å². The molecule has 1 aliphatic rings. The van der Waals surface area contributed by atoms with Gasteiger partial charge >= 0.3 is 0 Å². The average molecular weight is 405 g/mol. The number of nitrogens with zero attached hydrogens (tertiary/aromatic N) is 1. The van der Waals surface area contributed by atoms with Crippen molar-refractivity contribution in [3.8, 4) is 5.75 Å².